The fourth-order valence-electron chi connectivity index (χ4n) is 2.24. The second-order valence-electron chi connectivity index (χ2n) is 6.14. The minimum absolute atomic E-state index is 0.308. The minimum atomic E-state index is 0.308. The van der Waals surface area contributed by atoms with Crippen LogP contribution < -0.4 is 10.1 Å². The van der Waals surface area contributed by atoms with Crippen molar-refractivity contribution in [2.45, 2.75) is 27.3 Å². The number of rotatable bonds is 4. The number of methoxy groups -OCH3 is 1. The lowest BCUT2D eigenvalue weighted by Gasteiger charge is -2.19. The van der Waals surface area contributed by atoms with Gasteiger partial charge in [0.25, 0.3) is 0 Å². The molecular weight excluding hydrogens is 234 g/mol. The van der Waals surface area contributed by atoms with Crippen LogP contribution in [0.5, 0.6) is 5.75 Å². The predicted molar refractivity (Wildman–Crippen MR) is 81.7 cm³/mol. The third-order valence-corrected chi connectivity index (χ3v) is 3.17. The molecule has 19 heavy (non-hydrogen) atoms. The second kappa shape index (κ2) is 5.62. The van der Waals surface area contributed by atoms with E-state index in [-0.39, 0.29) is 0 Å². The molecule has 0 amide bonds. The maximum atomic E-state index is 5.42. The zero-order valence-corrected chi connectivity index (χ0v) is 12.3. The van der Waals surface area contributed by atoms with E-state index in [9.17, 15) is 0 Å². The Bertz CT molecular complexity index is 555. The minimum Gasteiger partial charge on any atom is -0.496 e. The Kier molecular flexibility index (Phi) is 4.11. The Labute approximate surface area is 115 Å². The maximum absolute atomic E-state index is 5.42. The van der Waals surface area contributed by atoms with Gasteiger partial charge in [0, 0.05) is 18.5 Å². The van der Waals surface area contributed by atoms with Gasteiger partial charge in [-0.1, -0.05) is 51.1 Å². The lowest BCUT2D eigenvalue weighted by atomic mass is 9.96. The van der Waals surface area contributed by atoms with Crippen LogP contribution in [0.3, 0.4) is 0 Å². The average molecular weight is 257 g/mol. The normalized spacial score (nSPS) is 11.8. The van der Waals surface area contributed by atoms with Crippen molar-refractivity contribution in [1.29, 1.82) is 0 Å². The van der Waals surface area contributed by atoms with Crippen LogP contribution >= 0.6 is 0 Å². The summed E-state index contributed by atoms with van der Waals surface area (Å²) in [6.07, 6.45) is 0. The lowest BCUT2D eigenvalue weighted by molar-refractivity contribution is 0.379. The second-order valence-corrected chi connectivity index (χ2v) is 6.14. The first-order chi connectivity index (χ1) is 9.01. The number of nitrogens with one attached hydrogen (secondary N) is 1. The topological polar surface area (TPSA) is 21.3 Å². The smallest absolute Gasteiger partial charge is 0.126 e. The first-order valence-electron chi connectivity index (χ1n) is 6.76. The van der Waals surface area contributed by atoms with Crippen molar-refractivity contribution in [3.63, 3.8) is 0 Å². The fraction of sp³-hybridized carbons (Fsp3) is 0.412. The van der Waals surface area contributed by atoms with Gasteiger partial charge in [0.15, 0.2) is 0 Å². The Morgan fingerprint density at radius 3 is 2.32 bits per heavy atom. The molecule has 0 saturated carbocycles. The number of fused-ring (bicyclic) bond motifs is 1. The molecule has 0 fully saturated rings. The van der Waals surface area contributed by atoms with Crippen LogP contribution in [0.15, 0.2) is 36.4 Å². The van der Waals surface area contributed by atoms with Crippen LogP contribution in [-0.2, 0) is 6.54 Å². The Balaban J connectivity index is 2.24. The Morgan fingerprint density at radius 2 is 1.68 bits per heavy atom. The van der Waals surface area contributed by atoms with Crippen molar-refractivity contribution in [2.75, 3.05) is 13.7 Å². The van der Waals surface area contributed by atoms with E-state index < -0.39 is 0 Å². The molecule has 2 heteroatoms. The lowest BCUT2D eigenvalue weighted by Crippen LogP contribution is -2.26. The molecule has 0 aliphatic heterocycles. The third-order valence-electron chi connectivity index (χ3n) is 3.17. The highest BCUT2D eigenvalue weighted by Gasteiger charge is 2.10. The number of hydrogen-bond acceptors (Lipinski definition) is 2. The molecule has 0 aromatic heterocycles. The summed E-state index contributed by atoms with van der Waals surface area (Å²) >= 11 is 0. The van der Waals surface area contributed by atoms with Gasteiger partial charge < -0.3 is 10.1 Å². The van der Waals surface area contributed by atoms with E-state index in [2.05, 4.69) is 62.5 Å². The highest BCUT2D eigenvalue weighted by molar-refractivity contribution is 5.91. The summed E-state index contributed by atoms with van der Waals surface area (Å²) in [5.41, 5.74) is 1.63. The van der Waals surface area contributed by atoms with Crippen molar-refractivity contribution < 1.29 is 4.74 Å². The quantitative estimate of drug-likeness (QED) is 0.894. The molecule has 1 N–H and O–H groups in total. The molecule has 0 atom stereocenters. The highest BCUT2D eigenvalue weighted by atomic mass is 16.5. The van der Waals surface area contributed by atoms with Gasteiger partial charge in [-0.15, -0.1) is 0 Å². The monoisotopic (exact) mass is 257 g/mol. The summed E-state index contributed by atoms with van der Waals surface area (Å²) in [4.78, 5) is 0. The summed E-state index contributed by atoms with van der Waals surface area (Å²) in [7, 11) is 1.72. The van der Waals surface area contributed by atoms with E-state index in [0.717, 1.165) is 18.8 Å². The molecule has 0 unspecified atom stereocenters. The van der Waals surface area contributed by atoms with E-state index in [1.165, 1.54) is 16.3 Å². The van der Waals surface area contributed by atoms with Crippen molar-refractivity contribution in [3.8, 4) is 5.75 Å². The first-order valence-corrected chi connectivity index (χ1v) is 6.76. The zero-order valence-electron chi connectivity index (χ0n) is 12.3. The van der Waals surface area contributed by atoms with Crippen molar-refractivity contribution in [1.82, 2.24) is 5.32 Å². The van der Waals surface area contributed by atoms with Crippen molar-refractivity contribution >= 4 is 10.8 Å². The van der Waals surface area contributed by atoms with Gasteiger partial charge in [-0.05, 0) is 22.4 Å². The summed E-state index contributed by atoms with van der Waals surface area (Å²) in [5.74, 6) is 0.940. The molecular formula is C17H23NO. The Hall–Kier alpha value is -1.54. The van der Waals surface area contributed by atoms with E-state index in [0.29, 0.717) is 5.41 Å². The van der Waals surface area contributed by atoms with Crippen molar-refractivity contribution in [3.05, 3.63) is 42.0 Å². The molecule has 0 aliphatic carbocycles. The van der Waals surface area contributed by atoms with Gasteiger partial charge in [-0.3, -0.25) is 0 Å². The third kappa shape index (κ3) is 3.48. The molecule has 0 radical (unpaired) electrons. The molecule has 2 rings (SSSR count). The molecule has 2 nitrogen and oxygen atoms in total. The van der Waals surface area contributed by atoms with Gasteiger partial charge >= 0.3 is 0 Å². The van der Waals surface area contributed by atoms with Gasteiger partial charge in [0.2, 0.25) is 0 Å². The molecule has 0 saturated heterocycles. The van der Waals surface area contributed by atoms with E-state index in [1.807, 2.05) is 0 Å². The summed E-state index contributed by atoms with van der Waals surface area (Å²) in [6, 6.07) is 12.6. The summed E-state index contributed by atoms with van der Waals surface area (Å²) in [6.45, 7) is 8.62. The standard InChI is InChI=1S/C17H23NO/c1-17(2,3)12-18-11-13-9-10-16(19-4)15-8-6-5-7-14(13)15/h5-10,18H,11-12H2,1-4H3. The van der Waals surface area contributed by atoms with Crippen LogP contribution in [-0.4, -0.2) is 13.7 Å². The summed E-state index contributed by atoms with van der Waals surface area (Å²) < 4.78 is 5.42. The number of ether oxygens (including phenoxy) is 1. The largest absolute Gasteiger partial charge is 0.496 e. The average Bonchev–Trinajstić information content (AvgIpc) is 2.37. The van der Waals surface area contributed by atoms with Crippen molar-refractivity contribution in [2.24, 2.45) is 5.41 Å². The molecule has 0 heterocycles. The molecule has 2 aromatic rings. The van der Waals surface area contributed by atoms with Gasteiger partial charge in [0.1, 0.15) is 5.75 Å². The molecule has 0 spiro atoms. The van der Waals surface area contributed by atoms with Crippen LogP contribution in [0, 0.1) is 5.41 Å². The van der Waals surface area contributed by atoms with Gasteiger partial charge in [-0.25, -0.2) is 0 Å². The SMILES string of the molecule is COc1ccc(CNCC(C)(C)C)c2ccccc12. The molecule has 0 bridgehead atoms. The van der Waals surface area contributed by atoms with Crippen LogP contribution in [0.4, 0.5) is 0 Å². The van der Waals surface area contributed by atoms with E-state index >= 15 is 0 Å². The van der Waals surface area contributed by atoms with Crippen LogP contribution in [0.25, 0.3) is 10.8 Å². The fourth-order valence-corrected chi connectivity index (χ4v) is 2.24. The Morgan fingerprint density at radius 1 is 1.00 bits per heavy atom. The molecule has 2 aromatic carbocycles. The number of benzene rings is 2. The van der Waals surface area contributed by atoms with E-state index in [4.69, 9.17) is 4.74 Å². The number of hydrogen-bond donors (Lipinski definition) is 1. The van der Waals surface area contributed by atoms with Crippen LogP contribution in [0.2, 0.25) is 0 Å². The molecule has 0 aliphatic rings. The van der Waals surface area contributed by atoms with Crippen LogP contribution in [0.1, 0.15) is 26.3 Å². The predicted octanol–water partition coefficient (Wildman–Crippen LogP) is 3.98. The maximum Gasteiger partial charge on any atom is 0.126 e. The summed E-state index contributed by atoms with van der Waals surface area (Å²) in [5, 5.41) is 5.98. The van der Waals surface area contributed by atoms with Gasteiger partial charge in [0.05, 0.1) is 7.11 Å². The first kappa shape index (κ1) is 13.9. The zero-order chi connectivity index (χ0) is 13.9. The highest BCUT2D eigenvalue weighted by Crippen LogP contribution is 2.28. The van der Waals surface area contributed by atoms with Gasteiger partial charge in [-0.2, -0.15) is 0 Å². The van der Waals surface area contributed by atoms with E-state index in [1.54, 1.807) is 7.11 Å². The molecule has 102 valence electrons.